The fraction of sp³-hybridized carbons (Fsp3) is 0.818. The van der Waals surface area contributed by atoms with Crippen molar-refractivity contribution in [1.82, 2.24) is 0 Å². The lowest BCUT2D eigenvalue weighted by atomic mass is 10.0. The minimum absolute atomic E-state index is 0.0547. The highest BCUT2D eigenvalue weighted by atomic mass is 16.5. The summed E-state index contributed by atoms with van der Waals surface area (Å²) in [5.41, 5.74) is 0. The van der Waals surface area contributed by atoms with Gasteiger partial charge in [-0.15, -0.1) is 0 Å². The quantitative estimate of drug-likeness (QED) is 0.124. The average Bonchev–Trinajstić information content (AvgIpc) is 2.61. The molecular weight excluding hydrogens is 312 g/mol. The van der Waals surface area contributed by atoms with Gasteiger partial charge in [-0.1, -0.05) is 64.0 Å². The van der Waals surface area contributed by atoms with Crippen molar-refractivity contribution in [2.75, 3.05) is 6.61 Å². The number of ether oxygens (including phenoxy) is 1. The van der Waals surface area contributed by atoms with Gasteiger partial charge in [-0.2, -0.15) is 0 Å². The van der Waals surface area contributed by atoms with E-state index in [1.54, 1.807) is 0 Å². The van der Waals surface area contributed by atoms with Crippen molar-refractivity contribution >= 4 is 12.3 Å². The van der Waals surface area contributed by atoms with Crippen molar-refractivity contribution in [3.8, 4) is 0 Å². The van der Waals surface area contributed by atoms with Crippen LogP contribution in [0, 0.1) is 5.92 Å². The molecule has 0 aliphatic carbocycles. The molecule has 1 unspecified atom stereocenters. The van der Waals surface area contributed by atoms with E-state index in [1.807, 2.05) is 13.8 Å². The topological polar surface area (TPSA) is 43.4 Å². The minimum Gasteiger partial charge on any atom is -0.466 e. The molecule has 0 fully saturated rings. The molecule has 146 valence electrons. The molecule has 0 aromatic rings. The molecule has 0 saturated heterocycles. The van der Waals surface area contributed by atoms with Gasteiger partial charge in [0.25, 0.3) is 0 Å². The summed E-state index contributed by atoms with van der Waals surface area (Å²) in [5.74, 6) is 0.182. The van der Waals surface area contributed by atoms with Crippen LogP contribution in [0.5, 0.6) is 0 Å². The second kappa shape index (κ2) is 19.2. The Morgan fingerprint density at radius 3 is 1.92 bits per heavy atom. The Morgan fingerprint density at radius 1 is 0.840 bits per heavy atom. The van der Waals surface area contributed by atoms with Crippen LogP contribution in [-0.4, -0.2) is 18.9 Å². The molecule has 0 saturated carbocycles. The third-order valence-electron chi connectivity index (χ3n) is 4.49. The van der Waals surface area contributed by atoms with Gasteiger partial charge in [-0.25, -0.2) is 0 Å². The van der Waals surface area contributed by atoms with E-state index in [1.165, 1.54) is 64.2 Å². The third kappa shape index (κ3) is 19.1. The van der Waals surface area contributed by atoms with Gasteiger partial charge >= 0.3 is 5.97 Å². The summed E-state index contributed by atoms with van der Waals surface area (Å²) in [6.07, 6.45) is 21.9. The van der Waals surface area contributed by atoms with Crippen molar-refractivity contribution in [3.05, 3.63) is 12.2 Å². The van der Waals surface area contributed by atoms with Crippen LogP contribution in [-0.2, 0) is 14.3 Å². The summed E-state index contributed by atoms with van der Waals surface area (Å²) in [4.78, 5) is 21.7. The van der Waals surface area contributed by atoms with Crippen LogP contribution in [0.1, 0.15) is 104 Å². The second-order valence-electron chi connectivity index (χ2n) is 7.04. The van der Waals surface area contributed by atoms with Crippen LogP contribution < -0.4 is 0 Å². The molecule has 0 spiro atoms. The molecule has 0 heterocycles. The summed E-state index contributed by atoms with van der Waals surface area (Å²) in [6.45, 7) is 4.34. The molecule has 0 aliphatic heterocycles. The minimum atomic E-state index is -0.0547. The standard InChI is InChI=1S/C22H40O3/c1-3-25-22(24)19-17-15-13-11-9-7-5-4-6-8-10-12-14-16-18-21(2)20-23/h4-5,20-21H,3,6-19H2,1-2H3/b5-4+. The molecule has 3 nitrogen and oxygen atoms in total. The summed E-state index contributed by atoms with van der Waals surface area (Å²) in [5, 5.41) is 0. The lowest BCUT2D eigenvalue weighted by molar-refractivity contribution is -0.143. The Bertz CT molecular complexity index is 336. The summed E-state index contributed by atoms with van der Waals surface area (Å²) in [6, 6.07) is 0. The number of carbonyl (C=O) groups is 2. The first kappa shape index (κ1) is 23.9. The predicted molar refractivity (Wildman–Crippen MR) is 106 cm³/mol. The Hall–Kier alpha value is -1.12. The number of hydrogen-bond acceptors (Lipinski definition) is 3. The molecule has 0 amide bonds. The molecule has 0 radical (unpaired) electrons. The van der Waals surface area contributed by atoms with E-state index in [0.717, 1.165) is 25.5 Å². The van der Waals surface area contributed by atoms with Gasteiger partial charge in [0.15, 0.2) is 0 Å². The van der Waals surface area contributed by atoms with Gasteiger partial charge in [0, 0.05) is 12.3 Å². The smallest absolute Gasteiger partial charge is 0.305 e. The SMILES string of the molecule is CCOC(=O)CCCCCCC/C=C/CCCCCCCC(C)C=O. The monoisotopic (exact) mass is 352 g/mol. The van der Waals surface area contributed by atoms with E-state index in [2.05, 4.69) is 12.2 Å². The summed E-state index contributed by atoms with van der Waals surface area (Å²) in [7, 11) is 0. The Kier molecular flexibility index (Phi) is 18.3. The number of hydrogen-bond donors (Lipinski definition) is 0. The highest BCUT2D eigenvalue weighted by Crippen LogP contribution is 2.12. The van der Waals surface area contributed by atoms with Crippen LogP contribution in [0.25, 0.3) is 0 Å². The molecule has 0 rings (SSSR count). The van der Waals surface area contributed by atoms with Crippen LogP contribution in [0.4, 0.5) is 0 Å². The van der Waals surface area contributed by atoms with Gasteiger partial charge < -0.3 is 9.53 Å². The molecule has 0 aromatic heterocycles. The van der Waals surface area contributed by atoms with Crippen LogP contribution in [0.15, 0.2) is 12.2 Å². The first-order valence-electron chi connectivity index (χ1n) is 10.5. The first-order chi connectivity index (χ1) is 12.2. The highest BCUT2D eigenvalue weighted by molar-refractivity contribution is 5.69. The van der Waals surface area contributed by atoms with E-state index in [-0.39, 0.29) is 11.9 Å². The van der Waals surface area contributed by atoms with Gasteiger partial charge in [-0.05, 0) is 45.4 Å². The number of unbranched alkanes of at least 4 members (excludes halogenated alkanes) is 10. The molecule has 0 N–H and O–H groups in total. The molecule has 3 heteroatoms. The number of aldehydes is 1. The van der Waals surface area contributed by atoms with Crippen molar-refractivity contribution < 1.29 is 14.3 Å². The Morgan fingerprint density at radius 2 is 1.36 bits per heavy atom. The van der Waals surface area contributed by atoms with E-state index in [4.69, 9.17) is 4.74 Å². The Labute approximate surface area is 155 Å². The molecule has 0 aliphatic rings. The average molecular weight is 353 g/mol. The lowest BCUT2D eigenvalue weighted by Gasteiger charge is -2.03. The van der Waals surface area contributed by atoms with Crippen molar-refractivity contribution in [2.24, 2.45) is 5.92 Å². The molecule has 1 atom stereocenters. The van der Waals surface area contributed by atoms with Gasteiger partial charge in [0.2, 0.25) is 0 Å². The van der Waals surface area contributed by atoms with Crippen LogP contribution in [0.3, 0.4) is 0 Å². The zero-order chi connectivity index (χ0) is 18.6. The molecular formula is C22H40O3. The van der Waals surface area contributed by atoms with E-state index in [9.17, 15) is 9.59 Å². The van der Waals surface area contributed by atoms with E-state index >= 15 is 0 Å². The van der Waals surface area contributed by atoms with Gasteiger partial charge in [0.1, 0.15) is 6.29 Å². The summed E-state index contributed by atoms with van der Waals surface area (Å²) < 4.78 is 4.91. The maximum absolute atomic E-state index is 11.2. The Balaban J connectivity index is 3.18. The van der Waals surface area contributed by atoms with Crippen molar-refractivity contribution in [2.45, 2.75) is 104 Å². The predicted octanol–water partition coefficient (Wildman–Crippen LogP) is 6.40. The highest BCUT2D eigenvalue weighted by Gasteiger charge is 2.00. The van der Waals surface area contributed by atoms with E-state index < -0.39 is 0 Å². The van der Waals surface area contributed by atoms with Crippen molar-refractivity contribution in [3.63, 3.8) is 0 Å². The van der Waals surface area contributed by atoms with E-state index in [0.29, 0.717) is 13.0 Å². The second-order valence-corrected chi connectivity index (χ2v) is 7.04. The number of allylic oxidation sites excluding steroid dienone is 2. The summed E-state index contributed by atoms with van der Waals surface area (Å²) >= 11 is 0. The zero-order valence-corrected chi connectivity index (χ0v) is 16.6. The van der Waals surface area contributed by atoms with Crippen LogP contribution in [0.2, 0.25) is 0 Å². The maximum atomic E-state index is 11.2. The first-order valence-corrected chi connectivity index (χ1v) is 10.5. The fourth-order valence-corrected chi connectivity index (χ4v) is 2.86. The van der Waals surface area contributed by atoms with Crippen LogP contribution >= 0.6 is 0 Å². The number of carbonyl (C=O) groups excluding carboxylic acids is 2. The number of esters is 1. The normalized spacial score (nSPS) is 12.4. The van der Waals surface area contributed by atoms with Crippen molar-refractivity contribution in [1.29, 1.82) is 0 Å². The fourth-order valence-electron chi connectivity index (χ4n) is 2.86. The lowest BCUT2D eigenvalue weighted by Crippen LogP contribution is -2.03. The van der Waals surface area contributed by atoms with Gasteiger partial charge in [-0.3, -0.25) is 4.79 Å². The maximum Gasteiger partial charge on any atom is 0.305 e. The molecule has 0 bridgehead atoms. The molecule has 25 heavy (non-hydrogen) atoms. The molecule has 0 aromatic carbocycles. The largest absolute Gasteiger partial charge is 0.466 e. The number of rotatable bonds is 18. The third-order valence-corrected chi connectivity index (χ3v) is 4.49. The zero-order valence-electron chi connectivity index (χ0n) is 16.6. The van der Waals surface area contributed by atoms with Gasteiger partial charge in [0.05, 0.1) is 6.61 Å².